The number of para-hydroxylation sites is 1. The fraction of sp³-hybridized carbons (Fsp3) is 0.360. The molecule has 2 amide bonds. The van der Waals surface area contributed by atoms with Crippen LogP contribution in [0.15, 0.2) is 42.9 Å². The van der Waals surface area contributed by atoms with Crippen LogP contribution in [0.1, 0.15) is 29.2 Å². The van der Waals surface area contributed by atoms with Crippen LogP contribution in [0.25, 0.3) is 11.1 Å². The first-order chi connectivity index (χ1) is 17.5. The topological polar surface area (TPSA) is 143 Å². The Kier molecular flexibility index (Phi) is 6.57. The Balaban J connectivity index is 1.45. The van der Waals surface area contributed by atoms with E-state index in [0.29, 0.717) is 36.2 Å². The van der Waals surface area contributed by atoms with E-state index in [1.807, 2.05) is 29.1 Å². The van der Waals surface area contributed by atoms with Gasteiger partial charge in [-0.3, -0.25) is 14.3 Å². The second-order valence-corrected chi connectivity index (χ2v) is 8.84. The van der Waals surface area contributed by atoms with E-state index in [4.69, 9.17) is 19.9 Å². The number of ether oxygens (including phenoxy) is 3. The molecule has 3 aromatic rings. The summed E-state index contributed by atoms with van der Waals surface area (Å²) in [4.78, 5) is 28.5. The number of methoxy groups -OCH3 is 2. The maximum absolute atomic E-state index is 12.2. The third kappa shape index (κ3) is 4.75. The van der Waals surface area contributed by atoms with E-state index < -0.39 is 5.91 Å². The summed E-state index contributed by atoms with van der Waals surface area (Å²) in [5.41, 5.74) is 8.43. The molecule has 1 aliphatic heterocycles. The minimum Gasteiger partial charge on any atom is -0.494 e. The van der Waals surface area contributed by atoms with Crippen molar-refractivity contribution in [3.8, 4) is 16.9 Å². The molecular formula is C25H28N6O5. The van der Waals surface area contributed by atoms with Gasteiger partial charge in [0, 0.05) is 42.6 Å². The first-order valence-electron chi connectivity index (χ1n) is 11.7. The van der Waals surface area contributed by atoms with E-state index in [1.54, 1.807) is 26.5 Å². The highest BCUT2D eigenvalue weighted by atomic mass is 16.5. The van der Waals surface area contributed by atoms with Crippen molar-refractivity contribution in [2.75, 3.05) is 38.1 Å². The lowest BCUT2D eigenvalue weighted by Gasteiger charge is -2.17. The molecule has 0 spiro atoms. The molecule has 0 unspecified atom stereocenters. The first kappa shape index (κ1) is 23.8. The number of benzene rings is 1. The fourth-order valence-electron chi connectivity index (χ4n) is 4.28. The number of carbonyl (C=O) groups is 2. The van der Waals surface area contributed by atoms with Crippen LogP contribution < -0.4 is 21.1 Å². The van der Waals surface area contributed by atoms with E-state index in [1.165, 1.54) is 6.20 Å². The molecule has 188 valence electrons. The van der Waals surface area contributed by atoms with Crippen molar-refractivity contribution in [1.82, 2.24) is 14.8 Å². The number of anilines is 3. The molecular weight excluding hydrogens is 464 g/mol. The number of nitrogens with zero attached hydrogens (tertiary/aromatic N) is 3. The molecule has 11 nitrogen and oxygen atoms in total. The summed E-state index contributed by atoms with van der Waals surface area (Å²) in [6, 6.07) is 7.19. The Morgan fingerprint density at radius 2 is 2.00 bits per heavy atom. The average Bonchev–Trinajstić information content (AvgIpc) is 3.42. The Hall–Kier alpha value is -3.96. The third-order valence-electron chi connectivity index (χ3n) is 6.41. The molecule has 0 bridgehead atoms. The van der Waals surface area contributed by atoms with Crippen molar-refractivity contribution in [3.05, 3.63) is 48.4 Å². The summed E-state index contributed by atoms with van der Waals surface area (Å²) in [5.74, 6) is 0.181. The molecule has 1 saturated carbocycles. The van der Waals surface area contributed by atoms with Gasteiger partial charge >= 0.3 is 0 Å². The van der Waals surface area contributed by atoms with Gasteiger partial charge < -0.3 is 30.6 Å². The van der Waals surface area contributed by atoms with Gasteiger partial charge in [-0.05, 0) is 18.9 Å². The maximum atomic E-state index is 12.2. The largest absolute Gasteiger partial charge is 0.494 e. The van der Waals surface area contributed by atoms with Crippen molar-refractivity contribution in [1.29, 1.82) is 0 Å². The maximum Gasteiger partial charge on any atom is 0.252 e. The highest BCUT2D eigenvalue weighted by molar-refractivity contribution is 6.01. The van der Waals surface area contributed by atoms with Gasteiger partial charge in [0.1, 0.15) is 23.7 Å². The van der Waals surface area contributed by atoms with Gasteiger partial charge in [-0.15, -0.1) is 0 Å². The molecule has 2 aromatic heterocycles. The summed E-state index contributed by atoms with van der Waals surface area (Å²) in [7, 11) is 3.24. The molecule has 2 atom stereocenters. The van der Waals surface area contributed by atoms with Crippen LogP contribution in [0.3, 0.4) is 0 Å². The van der Waals surface area contributed by atoms with Gasteiger partial charge in [0.15, 0.2) is 0 Å². The molecule has 5 rings (SSSR count). The molecule has 2 aliphatic rings. The van der Waals surface area contributed by atoms with Gasteiger partial charge in [0.25, 0.3) is 5.91 Å². The number of hydrogen-bond donors (Lipinski definition) is 3. The Morgan fingerprint density at radius 1 is 1.17 bits per heavy atom. The van der Waals surface area contributed by atoms with E-state index in [9.17, 15) is 9.59 Å². The zero-order valence-corrected chi connectivity index (χ0v) is 20.1. The summed E-state index contributed by atoms with van der Waals surface area (Å²) >= 11 is 0. The number of carbonyl (C=O) groups excluding carboxylic acids is 2. The summed E-state index contributed by atoms with van der Waals surface area (Å²) in [6.45, 7) is 1.05. The highest BCUT2D eigenvalue weighted by Crippen LogP contribution is 2.39. The number of hydrogen-bond acceptors (Lipinski definition) is 8. The van der Waals surface area contributed by atoms with Crippen molar-refractivity contribution in [3.63, 3.8) is 0 Å². The van der Waals surface area contributed by atoms with Gasteiger partial charge in [-0.25, -0.2) is 4.98 Å². The van der Waals surface area contributed by atoms with Crippen LogP contribution in [0.5, 0.6) is 5.75 Å². The number of amides is 2. The van der Waals surface area contributed by atoms with Crippen LogP contribution in [0, 0.1) is 5.92 Å². The van der Waals surface area contributed by atoms with E-state index in [-0.39, 0.29) is 29.5 Å². The minimum absolute atomic E-state index is 0.0183. The third-order valence-corrected chi connectivity index (χ3v) is 6.41. The normalized spacial score (nSPS) is 19.2. The van der Waals surface area contributed by atoms with Gasteiger partial charge in [0.05, 0.1) is 43.5 Å². The van der Waals surface area contributed by atoms with Crippen molar-refractivity contribution in [2.45, 2.75) is 25.0 Å². The molecule has 3 heterocycles. The molecule has 11 heteroatoms. The standard InChI is InChI=1S/C25H28N6O5/c1-34-21-13-36-12-20(21)31-11-15(9-28-31)16-4-3-5-18(23(16)35-2)29-19-8-22(27-10-17(19)24(26)32)30-25(33)14-6-7-14/h3-5,8-11,14,20-21H,6-7,12-13H2,1-2H3,(H2,26,32)(H2,27,29,30,33)/t20-,21+/m1/s1. The van der Waals surface area contributed by atoms with Crippen LogP contribution in [0.4, 0.5) is 17.2 Å². The number of primary amides is 1. The van der Waals surface area contributed by atoms with Gasteiger partial charge in [0.2, 0.25) is 5.91 Å². The van der Waals surface area contributed by atoms with Crippen LogP contribution in [-0.2, 0) is 14.3 Å². The summed E-state index contributed by atoms with van der Waals surface area (Å²) in [5, 5.41) is 10.6. The fourth-order valence-corrected chi connectivity index (χ4v) is 4.28. The lowest BCUT2D eigenvalue weighted by atomic mass is 10.1. The predicted molar refractivity (Wildman–Crippen MR) is 132 cm³/mol. The molecule has 36 heavy (non-hydrogen) atoms. The second-order valence-electron chi connectivity index (χ2n) is 8.84. The van der Waals surface area contributed by atoms with E-state index in [2.05, 4.69) is 20.7 Å². The van der Waals surface area contributed by atoms with Gasteiger partial charge in [-0.2, -0.15) is 5.10 Å². The zero-order valence-electron chi connectivity index (χ0n) is 20.1. The van der Waals surface area contributed by atoms with E-state index in [0.717, 1.165) is 24.0 Å². The quantitative estimate of drug-likeness (QED) is 0.414. The number of aromatic nitrogens is 3. The highest BCUT2D eigenvalue weighted by Gasteiger charge is 2.31. The monoisotopic (exact) mass is 492 g/mol. The second kappa shape index (κ2) is 9.96. The molecule has 0 radical (unpaired) electrons. The Bertz CT molecular complexity index is 1290. The SMILES string of the molecule is COc1c(Nc2cc(NC(=O)C3CC3)ncc2C(N)=O)cccc1-c1cnn([C@@H]2COC[C@@H]2OC)c1. The molecule has 1 saturated heterocycles. The summed E-state index contributed by atoms with van der Waals surface area (Å²) < 4.78 is 18.7. The lowest BCUT2D eigenvalue weighted by molar-refractivity contribution is -0.117. The van der Waals surface area contributed by atoms with E-state index >= 15 is 0 Å². The molecule has 2 fully saturated rings. The average molecular weight is 493 g/mol. The predicted octanol–water partition coefficient (Wildman–Crippen LogP) is 2.73. The number of rotatable bonds is 9. The molecule has 4 N–H and O–H groups in total. The molecule has 1 aromatic carbocycles. The van der Waals surface area contributed by atoms with Crippen molar-refractivity contribution in [2.24, 2.45) is 11.7 Å². The smallest absolute Gasteiger partial charge is 0.252 e. The minimum atomic E-state index is -0.645. The number of nitrogens with two attached hydrogens (primary N) is 1. The van der Waals surface area contributed by atoms with Crippen LogP contribution in [0.2, 0.25) is 0 Å². The number of pyridine rings is 1. The lowest BCUT2D eigenvalue weighted by Crippen LogP contribution is -2.24. The Morgan fingerprint density at radius 3 is 2.72 bits per heavy atom. The van der Waals surface area contributed by atoms with Crippen molar-refractivity contribution < 1.29 is 23.8 Å². The Labute approximate surface area is 207 Å². The first-order valence-corrected chi connectivity index (χ1v) is 11.7. The van der Waals surface area contributed by atoms with Gasteiger partial charge in [-0.1, -0.05) is 12.1 Å². The zero-order chi connectivity index (χ0) is 25.2. The van der Waals surface area contributed by atoms with Crippen LogP contribution in [-0.4, -0.2) is 60.1 Å². The number of nitrogens with one attached hydrogen (secondary N) is 2. The molecule has 1 aliphatic carbocycles. The summed E-state index contributed by atoms with van der Waals surface area (Å²) in [6.07, 6.45) is 6.72. The van der Waals surface area contributed by atoms with Crippen molar-refractivity contribution >= 4 is 29.0 Å². The van der Waals surface area contributed by atoms with Crippen LogP contribution >= 0.6 is 0 Å².